The second-order valence-electron chi connectivity index (χ2n) is 9.58. The largest absolute Gasteiger partial charge is 0.573 e. The van der Waals surface area contributed by atoms with Gasteiger partial charge < -0.3 is 15.0 Å². The highest BCUT2D eigenvalue weighted by Crippen LogP contribution is 2.42. The lowest BCUT2D eigenvalue weighted by Gasteiger charge is -2.43. The fourth-order valence-corrected chi connectivity index (χ4v) is 4.94. The molecule has 2 aromatic rings. The fraction of sp³-hybridized carbons (Fsp3) is 0.407. The third-order valence-corrected chi connectivity index (χ3v) is 6.77. The van der Waals surface area contributed by atoms with Crippen LogP contribution in [0.25, 0.3) is 12.2 Å². The molecule has 0 bridgehead atoms. The Balaban J connectivity index is 1.44. The number of piperidine rings is 1. The molecule has 2 amide bonds. The van der Waals surface area contributed by atoms with Crippen LogP contribution in [0.15, 0.2) is 42.7 Å². The number of halogens is 5. The van der Waals surface area contributed by atoms with Crippen LogP contribution < -0.4 is 10.1 Å². The predicted octanol–water partition coefficient (Wildman–Crippen LogP) is 4.45. The number of likely N-dealkylation sites (tertiary alicyclic amines) is 2. The number of nitriles is 1. The quantitative estimate of drug-likeness (QED) is 0.500. The number of nitrogens with zero attached hydrogens (tertiary/aromatic N) is 4. The highest BCUT2D eigenvalue weighted by atomic mass is 19.4. The molecule has 1 N–H and O–H groups in total. The Morgan fingerprint density at radius 3 is 2.45 bits per heavy atom. The van der Waals surface area contributed by atoms with E-state index < -0.39 is 49.3 Å². The molecule has 0 radical (unpaired) electrons. The predicted molar refractivity (Wildman–Crippen MR) is 134 cm³/mol. The summed E-state index contributed by atoms with van der Waals surface area (Å²) in [5.74, 6) is -5.10. The highest BCUT2D eigenvalue weighted by Gasteiger charge is 2.60. The van der Waals surface area contributed by atoms with Gasteiger partial charge >= 0.3 is 6.36 Å². The number of alkyl halides is 5. The van der Waals surface area contributed by atoms with Crippen molar-refractivity contribution >= 4 is 24.0 Å². The van der Waals surface area contributed by atoms with Crippen molar-refractivity contribution in [2.75, 3.05) is 26.2 Å². The van der Waals surface area contributed by atoms with E-state index in [2.05, 4.69) is 15.0 Å². The number of aromatic nitrogens is 1. The average molecular weight is 564 g/mol. The zero-order valence-electron chi connectivity index (χ0n) is 21.3. The van der Waals surface area contributed by atoms with Crippen molar-refractivity contribution in [3.63, 3.8) is 0 Å². The first-order valence-corrected chi connectivity index (χ1v) is 12.5. The van der Waals surface area contributed by atoms with Crippen molar-refractivity contribution in [2.24, 2.45) is 0 Å². The molecule has 0 aliphatic carbocycles. The smallest absolute Gasteiger partial charge is 0.406 e. The van der Waals surface area contributed by atoms with Crippen LogP contribution >= 0.6 is 0 Å². The van der Waals surface area contributed by atoms with E-state index in [-0.39, 0.29) is 11.3 Å². The maximum Gasteiger partial charge on any atom is 0.573 e. The molecule has 1 aromatic heterocycles. The van der Waals surface area contributed by atoms with E-state index in [1.807, 2.05) is 6.07 Å². The first kappa shape index (κ1) is 28.9. The van der Waals surface area contributed by atoms with Gasteiger partial charge in [-0.05, 0) is 36.6 Å². The van der Waals surface area contributed by atoms with Crippen LogP contribution in [-0.4, -0.2) is 70.7 Å². The minimum atomic E-state index is -4.81. The fourth-order valence-electron chi connectivity index (χ4n) is 4.94. The van der Waals surface area contributed by atoms with Crippen LogP contribution in [0.4, 0.5) is 22.0 Å². The lowest BCUT2D eigenvalue weighted by Crippen LogP contribution is -2.60. The number of benzene rings is 1. The summed E-state index contributed by atoms with van der Waals surface area (Å²) in [6.07, 6.45) is 2.58. The molecule has 0 saturated carbocycles. The van der Waals surface area contributed by atoms with Gasteiger partial charge in [-0.15, -0.1) is 13.2 Å². The molecule has 4 rings (SSSR count). The van der Waals surface area contributed by atoms with Crippen molar-refractivity contribution < 1.29 is 36.3 Å². The normalized spacial score (nSPS) is 21.2. The lowest BCUT2D eigenvalue weighted by molar-refractivity contribution is -0.274. The van der Waals surface area contributed by atoms with Crippen LogP contribution in [0.3, 0.4) is 0 Å². The zero-order chi connectivity index (χ0) is 29.0. The van der Waals surface area contributed by atoms with Crippen molar-refractivity contribution in [1.82, 2.24) is 20.1 Å². The third-order valence-electron chi connectivity index (χ3n) is 6.77. The SMILES string of the molecule is N#C[C@]1(N2CCCCC2)CC(F)(F)CN1C(=O)CNC(=O)c1ccncc1/C=C/c1ccc(OC(F)(F)F)cc1. The third kappa shape index (κ3) is 6.74. The van der Waals surface area contributed by atoms with Crippen molar-refractivity contribution in [1.29, 1.82) is 5.26 Å². The Morgan fingerprint density at radius 1 is 1.10 bits per heavy atom. The Bertz CT molecular complexity index is 1300. The summed E-state index contributed by atoms with van der Waals surface area (Å²) >= 11 is 0. The molecule has 1 atom stereocenters. The maximum atomic E-state index is 14.5. The number of nitrogens with one attached hydrogen (secondary N) is 1. The van der Waals surface area contributed by atoms with Gasteiger partial charge in [0, 0.05) is 36.6 Å². The molecular formula is C27H26F5N5O3. The van der Waals surface area contributed by atoms with Gasteiger partial charge in [-0.2, -0.15) is 5.26 Å². The number of amides is 2. The summed E-state index contributed by atoms with van der Waals surface area (Å²) in [6, 6.07) is 8.43. The number of rotatable bonds is 7. The van der Waals surface area contributed by atoms with E-state index in [1.54, 1.807) is 11.0 Å². The molecule has 0 spiro atoms. The molecule has 13 heteroatoms. The van der Waals surface area contributed by atoms with Crippen molar-refractivity contribution in [2.45, 2.75) is 43.6 Å². The summed E-state index contributed by atoms with van der Waals surface area (Å²) in [7, 11) is 0. The maximum absolute atomic E-state index is 14.5. The molecule has 40 heavy (non-hydrogen) atoms. The topological polar surface area (TPSA) is 98.6 Å². The van der Waals surface area contributed by atoms with Crippen LogP contribution in [0.1, 0.15) is 47.2 Å². The summed E-state index contributed by atoms with van der Waals surface area (Å²) < 4.78 is 69.9. The van der Waals surface area contributed by atoms with Crippen LogP contribution in [0.5, 0.6) is 5.75 Å². The minimum Gasteiger partial charge on any atom is -0.406 e. The first-order chi connectivity index (χ1) is 18.9. The van der Waals surface area contributed by atoms with Crippen LogP contribution in [0.2, 0.25) is 0 Å². The van der Waals surface area contributed by atoms with Gasteiger partial charge in [0.25, 0.3) is 11.8 Å². The van der Waals surface area contributed by atoms with E-state index in [9.17, 15) is 36.8 Å². The van der Waals surface area contributed by atoms with E-state index in [0.717, 1.165) is 36.3 Å². The summed E-state index contributed by atoms with van der Waals surface area (Å²) in [5, 5.41) is 12.4. The van der Waals surface area contributed by atoms with Crippen molar-refractivity contribution in [3.8, 4) is 11.8 Å². The van der Waals surface area contributed by atoms with Gasteiger partial charge in [0.1, 0.15) is 11.8 Å². The van der Waals surface area contributed by atoms with Gasteiger partial charge in [-0.3, -0.25) is 19.5 Å². The second-order valence-corrected chi connectivity index (χ2v) is 9.58. The van der Waals surface area contributed by atoms with Crippen LogP contribution in [-0.2, 0) is 4.79 Å². The van der Waals surface area contributed by atoms with Gasteiger partial charge in [0.05, 0.1) is 19.5 Å². The standard InChI is InChI=1S/C27H26F5N5O3/c28-25(29)16-26(17-33,36-12-2-1-3-13-36)37(18-25)23(38)15-35-24(39)22-10-11-34-14-20(22)7-4-19-5-8-21(9-6-19)40-27(30,31)32/h4-11,14H,1-3,12-13,15-16,18H2,(H,35,39)/b7-4+/t26-/m0/s1. The van der Waals surface area contributed by atoms with Gasteiger partial charge in [0.2, 0.25) is 5.91 Å². The Morgan fingerprint density at radius 2 is 1.80 bits per heavy atom. The monoisotopic (exact) mass is 563 g/mol. The lowest BCUT2D eigenvalue weighted by atomic mass is 10.0. The highest BCUT2D eigenvalue weighted by molar-refractivity contribution is 6.00. The average Bonchev–Trinajstić information content (AvgIpc) is 3.22. The van der Waals surface area contributed by atoms with E-state index in [1.165, 1.54) is 36.7 Å². The molecule has 2 fully saturated rings. The molecule has 0 unspecified atom stereocenters. The molecule has 8 nitrogen and oxygen atoms in total. The van der Waals surface area contributed by atoms with E-state index >= 15 is 0 Å². The van der Waals surface area contributed by atoms with E-state index in [0.29, 0.717) is 24.2 Å². The second kappa shape index (κ2) is 11.6. The molecular weight excluding hydrogens is 537 g/mol. The molecule has 212 valence electrons. The minimum absolute atomic E-state index is 0.130. The molecule has 2 aliphatic heterocycles. The number of carbonyl (C=O) groups is 2. The van der Waals surface area contributed by atoms with Crippen molar-refractivity contribution in [3.05, 3.63) is 59.4 Å². The molecule has 2 saturated heterocycles. The summed E-state index contributed by atoms with van der Waals surface area (Å²) in [6.45, 7) is -0.671. The Kier molecular flexibility index (Phi) is 8.39. The number of hydrogen-bond donors (Lipinski definition) is 1. The number of ether oxygens (including phenoxy) is 1. The molecule has 3 heterocycles. The van der Waals surface area contributed by atoms with Gasteiger partial charge in [0.15, 0.2) is 5.66 Å². The molecule has 2 aliphatic rings. The number of carbonyl (C=O) groups excluding carboxylic acids is 2. The summed E-state index contributed by atoms with van der Waals surface area (Å²) in [4.78, 5) is 32.5. The van der Waals surface area contributed by atoms with Gasteiger partial charge in [-0.25, -0.2) is 8.78 Å². The first-order valence-electron chi connectivity index (χ1n) is 12.5. The summed E-state index contributed by atoms with van der Waals surface area (Å²) in [5.41, 5.74) is -0.793. The zero-order valence-corrected chi connectivity index (χ0v) is 21.3. The number of pyridine rings is 1. The van der Waals surface area contributed by atoms with Crippen LogP contribution in [0, 0.1) is 11.3 Å². The Labute approximate surface area is 227 Å². The Hall–Kier alpha value is -4.05. The van der Waals surface area contributed by atoms with Gasteiger partial charge in [-0.1, -0.05) is 30.7 Å². The number of hydrogen-bond acceptors (Lipinski definition) is 6. The molecule has 1 aromatic carbocycles. The van der Waals surface area contributed by atoms with E-state index in [4.69, 9.17) is 0 Å².